The lowest BCUT2D eigenvalue weighted by atomic mass is 10.1. The molecule has 1 aliphatic heterocycles. The minimum atomic E-state index is 0. The van der Waals surface area contributed by atoms with E-state index >= 15 is 0 Å². The molecular formula is C16H34IN3O2. The predicted molar refractivity (Wildman–Crippen MR) is 103 cm³/mol. The Hall–Kier alpha value is -0.0800. The second kappa shape index (κ2) is 14.5. The average Bonchev–Trinajstić information content (AvgIpc) is 2.98. The van der Waals surface area contributed by atoms with Crippen molar-refractivity contribution in [1.29, 1.82) is 0 Å². The summed E-state index contributed by atoms with van der Waals surface area (Å²) in [4.78, 5) is 6.91. The van der Waals surface area contributed by atoms with Gasteiger partial charge in [-0.2, -0.15) is 0 Å². The van der Waals surface area contributed by atoms with E-state index in [4.69, 9.17) is 9.47 Å². The zero-order chi connectivity index (χ0) is 15.3. The highest BCUT2D eigenvalue weighted by molar-refractivity contribution is 14.0. The number of guanidine groups is 1. The first kappa shape index (κ1) is 21.9. The third-order valence-corrected chi connectivity index (χ3v) is 3.60. The van der Waals surface area contributed by atoms with Crippen LogP contribution in [0.4, 0.5) is 0 Å². The van der Waals surface area contributed by atoms with E-state index in [2.05, 4.69) is 36.1 Å². The molecule has 1 rings (SSSR count). The summed E-state index contributed by atoms with van der Waals surface area (Å²) in [5.74, 6) is 1.63. The molecule has 0 aromatic heterocycles. The van der Waals surface area contributed by atoms with Gasteiger partial charge in [0.15, 0.2) is 5.96 Å². The number of halogens is 1. The van der Waals surface area contributed by atoms with Crippen LogP contribution in [0.2, 0.25) is 0 Å². The molecule has 1 N–H and O–H groups in total. The summed E-state index contributed by atoms with van der Waals surface area (Å²) >= 11 is 0. The maximum Gasteiger partial charge on any atom is 0.193 e. The molecule has 0 amide bonds. The van der Waals surface area contributed by atoms with Crippen molar-refractivity contribution in [3.05, 3.63) is 0 Å². The van der Waals surface area contributed by atoms with Crippen LogP contribution < -0.4 is 5.32 Å². The molecule has 0 aromatic rings. The molecule has 0 aliphatic carbocycles. The molecule has 1 unspecified atom stereocenters. The average molecular weight is 427 g/mol. The normalized spacial score (nSPS) is 18.1. The lowest BCUT2D eigenvalue weighted by Crippen LogP contribution is -2.41. The topological polar surface area (TPSA) is 46.1 Å². The Bertz CT molecular complexity index is 285. The molecule has 0 radical (unpaired) electrons. The number of hydrogen-bond donors (Lipinski definition) is 1. The van der Waals surface area contributed by atoms with E-state index in [0.29, 0.717) is 5.92 Å². The quantitative estimate of drug-likeness (QED) is 0.252. The largest absolute Gasteiger partial charge is 0.381 e. The van der Waals surface area contributed by atoms with Gasteiger partial charge in [0.2, 0.25) is 0 Å². The van der Waals surface area contributed by atoms with Crippen molar-refractivity contribution >= 4 is 29.9 Å². The number of hydrogen-bond acceptors (Lipinski definition) is 3. The number of nitrogens with zero attached hydrogens (tertiary/aromatic N) is 2. The van der Waals surface area contributed by atoms with Crippen molar-refractivity contribution in [1.82, 2.24) is 10.2 Å². The summed E-state index contributed by atoms with van der Waals surface area (Å²) < 4.78 is 11.0. The SMILES string of the molecule is CCCCOCCCN=C(NCC)N(C)CC1CCOC1.I. The van der Waals surface area contributed by atoms with E-state index in [1.54, 1.807) is 0 Å². The molecule has 6 heteroatoms. The zero-order valence-electron chi connectivity index (χ0n) is 14.5. The van der Waals surface area contributed by atoms with Gasteiger partial charge in [-0.05, 0) is 26.2 Å². The maximum absolute atomic E-state index is 5.56. The van der Waals surface area contributed by atoms with E-state index in [9.17, 15) is 0 Å². The van der Waals surface area contributed by atoms with Gasteiger partial charge in [-0.3, -0.25) is 4.99 Å². The Morgan fingerprint density at radius 1 is 1.32 bits per heavy atom. The number of rotatable bonds is 10. The molecular weight excluding hydrogens is 393 g/mol. The van der Waals surface area contributed by atoms with Crippen LogP contribution in [0.15, 0.2) is 4.99 Å². The number of unbranched alkanes of at least 4 members (excludes halogenated alkanes) is 1. The van der Waals surface area contributed by atoms with Gasteiger partial charge in [-0.1, -0.05) is 13.3 Å². The first-order valence-corrected chi connectivity index (χ1v) is 8.42. The fourth-order valence-corrected chi connectivity index (χ4v) is 2.37. The van der Waals surface area contributed by atoms with Crippen LogP contribution >= 0.6 is 24.0 Å². The molecule has 1 fully saturated rings. The second-order valence-electron chi connectivity index (χ2n) is 5.67. The monoisotopic (exact) mass is 427 g/mol. The summed E-state index contributed by atoms with van der Waals surface area (Å²) in [6, 6.07) is 0. The van der Waals surface area contributed by atoms with Crippen molar-refractivity contribution in [2.24, 2.45) is 10.9 Å². The maximum atomic E-state index is 5.56. The lowest BCUT2D eigenvalue weighted by molar-refractivity contribution is 0.130. The van der Waals surface area contributed by atoms with Crippen LogP contribution in [-0.2, 0) is 9.47 Å². The van der Waals surface area contributed by atoms with Crippen LogP contribution in [0.3, 0.4) is 0 Å². The molecule has 0 spiro atoms. The van der Waals surface area contributed by atoms with Crippen molar-refractivity contribution in [3.63, 3.8) is 0 Å². The smallest absolute Gasteiger partial charge is 0.193 e. The van der Waals surface area contributed by atoms with E-state index in [-0.39, 0.29) is 24.0 Å². The number of ether oxygens (including phenoxy) is 2. The summed E-state index contributed by atoms with van der Waals surface area (Å²) in [6.07, 6.45) is 4.49. The van der Waals surface area contributed by atoms with Crippen LogP contribution in [0, 0.1) is 5.92 Å². The van der Waals surface area contributed by atoms with E-state index in [1.165, 1.54) is 6.42 Å². The van der Waals surface area contributed by atoms with Gasteiger partial charge in [0, 0.05) is 52.4 Å². The predicted octanol–water partition coefficient (Wildman–Crippen LogP) is 2.75. The van der Waals surface area contributed by atoms with Crippen LogP contribution in [-0.4, -0.2) is 64.0 Å². The molecule has 5 nitrogen and oxygen atoms in total. The summed E-state index contributed by atoms with van der Waals surface area (Å²) in [7, 11) is 2.11. The first-order valence-electron chi connectivity index (χ1n) is 8.42. The summed E-state index contributed by atoms with van der Waals surface area (Å²) in [5.41, 5.74) is 0. The highest BCUT2D eigenvalue weighted by Crippen LogP contribution is 2.13. The van der Waals surface area contributed by atoms with E-state index in [0.717, 1.165) is 71.3 Å². The molecule has 1 aliphatic rings. The number of nitrogens with one attached hydrogen (secondary N) is 1. The molecule has 0 saturated carbocycles. The number of aliphatic imine (C=N–C) groups is 1. The van der Waals surface area contributed by atoms with Gasteiger partial charge in [0.1, 0.15) is 0 Å². The fraction of sp³-hybridized carbons (Fsp3) is 0.938. The Balaban J connectivity index is 0.00000441. The van der Waals surface area contributed by atoms with Crippen LogP contribution in [0.1, 0.15) is 39.5 Å². The van der Waals surface area contributed by atoms with Gasteiger partial charge in [0.05, 0.1) is 6.61 Å². The highest BCUT2D eigenvalue weighted by atomic mass is 127. The third-order valence-electron chi connectivity index (χ3n) is 3.60. The van der Waals surface area contributed by atoms with Crippen LogP contribution in [0.25, 0.3) is 0 Å². The highest BCUT2D eigenvalue weighted by Gasteiger charge is 2.18. The Morgan fingerprint density at radius 2 is 2.09 bits per heavy atom. The molecule has 0 aromatic carbocycles. The Morgan fingerprint density at radius 3 is 2.73 bits per heavy atom. The Labute approximate surface area is 153 Å². The van der Waals surface area contributed by atoms with Gasteiger partial charge in [-0.15, -0.1) is 24.0 Å². The first-order chi connectivity index (χ1) is 10.3. The lowest BCUT2D eigenvalue weighted by Gasteiger charge is -2.24. The standard InChI is InChI=1S/C16H33N3O2.HI/c1-4-6-10-20-11-7-9-18-16(17-5-2)19(3)13-15-8-12-21-14-15;/h15H,4-14H2,1-3H3,(H,17,18);1H. The minimum absolute atomic E-state index is 0. The van der Waals surface area contributed by atoms with Gasteiger partial charge in [-0.25, -0.2) is 0 Å². The van der Waals surface area contributed by atoms with E-state index < -0.39 is 0 Å². The van der Waals surface area contributed by atoms with Gasteiger partial charge >= 0.3 is 0 Å². The molecule has 0 bridgehead atoms. The minimum Gasteiger partial charge on any atom is -0.381 e. The van der Waals surface area contributed by atoms with Gasteiger partial charge in [0.25, 0.3) is 0 Å². The van der Waals surface area contributed by atoms with E-state index in [1.807, 2.05) is 0 Å². The molecule has 1 atom stereocenters. The third kappa shape index (κ3) is 9.84. The van der Waals surface area contributed by atoms with Crippen molar-refractivity contribution < 1.29 is 9.47 Å². The molecule has 1 saturated heterocycles. The Kier molecular flexibility index (Phi) is 14.5. The van der Waals surface area contributed by atoms with Crippen molar-refractivity contribution in [3.8, 4) is 0 Å². The molecule has 22 heavy (non-hydrogen) atoms. The summed E-state index contributed by atoms with van der Waals surface area (Å²) in [6.45, 7) is 10.5. The van der Waals surface area contributed by atoms with Crippen molar-refractivity contribution in [2.75, 3.05) is 53.1 Å². The zero-order valence-corrected chi connectivity index (χ0v) is 16.8. The summed E-state index contributed by atoms with van der Waals surface area (Å²) in [5, 5.41) is 3.36. The van der Waals surface area contributed by atoms with Crippen LogP contribution in [0.5, 0.6) is 0 Å². The van der Waals surface area contributed by atoms with Gasteiger partial charge < -0.3 is 19.7 Å². The molecule has 1 heterocycles. The molecule has 132 valence electrons. The second-order valence-corrected chi connectivity index (χ2v) is 5.67. The fourth-order valence-electron chi connectivity index (χ4n) is 2.37. The van der Waals surface area contributed by atoms with Crippen molar-refractivity contribution in [2.45, 2.75) is 39.5 Å².